The van der Waals surface area contributed by atoms with Gasteiger partial charge in [-0.05, 0) is 39.0 Å². The Labute approximate surface area is 156 Å². The summed E-state index contributed by atoms with van der Waals surface area (Å²) in [6.07, 6.45) is 2.87. The first-order valence-corrected chi connectivity index (χ1v) is 11.4. The molecule has 2 saturated heterocycles. The molecule has 1 aromatic heterocycles. The fourth-order valence-electron chi connectivity index (χ4n) is 4.50. The Balaban J connectivity index is 1.71. The second-order valence-corrected chi connectivity index (χ2v) is 10.8. The summed E-state index contributed by atoms with van der Waals surface area (Å²) in [4.78, 5) is 14.8. The lowest BCUT2D eigenvalue weighted by Gasteiger charge is -2.39. The van der Waals surface area contributed by atoms with Crippen LogP contribution in [0.3, 0.4) is 0 Å². The number of hydrogen-bond acceptors (Lipinski definition) is 4. The van der Waals surface area contributed by atoms with E-state index < -0.39 is 9.84 Å². The number of rotatable bonds is 4. The van der Waals surface area contributed by atoms with Crippen LogP contribution < -0.4 is 0 Å². The number of hydrogen-bond donors (Lipinski definition) is 0. The molecule has 0 saturated carbocycles. The molecule has 0 bridgehead atoms. The predicted octanol–water partition coefficient (Wildman–Crippen LogP) is 2.13. The molecule has 1 amide bonds. The minimum Gasteiger partial charge on any atom is -0.342 e. The van der Waals surface area contributed by atoms with Gasteiger partial charge in [0.15, 0.2) is 9.84 Å². The molecule has 3 heterocycles. The standard InChI is InChI=1S/C19H31N3O3S/c1-14(2)11-22-16(4)17(15(3)20-22)10-18(23)21-8-5-6-19(12-21)7-9-26(24,25)13-19/h14H,5-13H2,1-4H3. The van der Waals surface area contributed by atoms with Crippen molar-refractivity contribution in [3.05, 3.63) is 17.0 Å². The average Bonchev–Trinajstić information content (AvgIpc) is 2.97. The second-order valence-electron chi connectivity index (χ2n) is 8.66. The highest BCUT2D eigenvalue weighted by Crippen LogP contribution is 2.40. The molecule has 1 unspecified atom stereocenters. The van der Waals surface area contributed by atoms with E-state index in [2.05, 4.69) is 18.9 Å². The van der Waals surface area contributed by atoms with E-state index in [1.54, 1.807) is 0 Å². The Morgan fingerprint density at radius 2 is 2.00 bits per heavy atom. The zero-order chi connectivity index (χ0) is 19.1. The van der Waals surface area contributed by atoms with Gasteiger partial charge in [0.05, 0.1) is 23.6 Å². The highest BCUT2D eigenvalue weighted by molar-refractivity contribution is 7.91. The van der Waals surface area contributed by atoms with Gasteiger partial charge in [-0.2, -0.15) is 5.10 Å². The van der Waals surface area contributed by atoms with E-state index >= 15 is 0 Å². The first-order chi connectivity index (χ1) is 12.1. The molecule has 0 radical (unpaired) electrons. The number of nitrogens with zero attached hydrogens (tertiary/aromatic N) is 3. The molecule has 1 atom stereocenters. The minimum absolute atomic E-state index is 0.101. The lowest BCUT2D eigenvalue weighted by molar-refractivity contribution is -0.133. The van der Waals surface area contributed by atoms with Crippen molar-refractivity contribution in [3.63, 3.8) is 0 Å². The van der Waals surface area contributed by atoms with E-state index in [1.807, 2.05) is 23.4 Å². The van der Waals surface area contributed by atoms with E-state index in [9.17, 15) is 13.2 Å². The molecule has 0 aromatic carbocycles. The van der Waals surface area contributed by atoms with Crippen LogP contribution in [0, 0.1) is 25.2 Å². The first-order valence-electron chi connectivity index (χ1n) is 9.62. The maximum absolute atomic E-state index is 12.9. The Hall–Kier alpha value is -1.37. The van der Waals surface area contributed by atoms with Crippen LogP contribution in [-0.4, -0.2) is 53.6 Å². The number of carbonyl (C=O) groups excluding carboxylic acids is 1. The van der Waals surface area contributed by atoms with Gasteiger partial charge in [0.1, 0.15) is 0 Å². The molecule has 2 fully saturated rings. The summed E-state index contributed by atoms with van der Waals surface area (Å²) in [5, 5.41) is 4.61. The van der Waals surface area contributed by atoms with E-state index in [0.717, 1.165) is 42.9 Å². The van der Waals surface area contributed by atoms with Crippen LogP contribution in [0.2, 0.25) is 0 Å². The van der Waals surface area contributed by atoms with Crippen molar-refractivity contribution in [2.24, 2.45) is 11.3 Å². The summed E-state index contributed by atoms with van der Waals surface area (Å²) in [5.41, 5.74) is 2.80. The summed E-state index contributed by atoms with van der Waals surface area (Å²) in [7, 11) is -2.94. The van der Waals surface area contributed by atoms with Crippen molar-refractivity contribution in [1.82, 2.24) is 14.7 Å². The van der Waals surface area contributed by atoms with Crippen molar-refractivity contribution in [2.75, 3.05) is 24.6 Å². The van der Waals surface area contributed by atoms with Crippen molar-refractivity contribution in [3.8, 4) is 0 Å². The van der Waals surface area contributed by atoms with E-state index in [-0.39, 0.29) is 22.8 Å². The Bertz CT molecular complexity index is 797. The van der Waals surface area contributed by atoms with Crippen LogP contribution in [-0.2, 0) is 27.6 Å². The molecule has 6 nitrogen and oxygen atoms in total. The molecule has 146 valence electrons. The molecule has 0 N–H and O–H groups in total. The van der Waals surface area contributed by atoms with Crippen LogP contribution in [0.5, 0.6) is 0 Å². The summed E-state index contributed by atoms with van der Waals surface area (Å²) < 4.78 is 25.9. The largest absolute Gasteiger partial charge is 0.342 e. The van der Waals surface area contributed by atoms with Crippen LogP contribution in [0.15, 0.2) is 0 Å². The molecular formula is C19H31N3O3S. The van der Waals surface area contributed by atoms with Crippen molar-refractivity contribution in [2.45, 2.75) is 59.9 Å². The normalized spacial score (nSPS) is 25.3. The zero-order valence-corrected chi connectivity index (χ0v) is 17.2. The molecule has 1 aromatic rings. The van der Waals surface area contributed by atoms with Crippen LogP contribution in [0.1, 0.15) is 50.1 Å². The van der Waals surface area contributed by atoms with Crippen LogP contribution in [0.25, 0.3) is 0 Å². The highest BCUT2D eigenvalue weighted by Gasteiger charge is 2.45. The number of sulfone groups is 1. The SMILES string of the molecule is Cc1nn(CC(C)C)c(C)c1CC(=O)N1CCCC2(CCS(=O)(=O)C2)C1. The Kier molecular flexibility index (Phi) is 5.21. The maximum Gasteiger partial charge on any atom is 0.227 e. The predicted molar refractivity (Wildman–Crippen MR) is 102 cm³/mol. The fraction of sp³-hybridized carbons (Fsp3) is 0.789. The van der Waals surface area contributed by atoms with Crippen LogP contribution >= 0.6 is 0 Å². The van der Waals surface area contributed by atoms with Gasteiger partial charge in [-0.3, -0.25) is 9.48 Å². The lowest BCUT2D eigenvalue weighted by atomic mass is 9.79. The fourth-order valence-corrected chi connectivity index (χ4v) is 6.70. The first kappa shape index (κ1) is 19.4. The van der Waals surface area contributed by atoms with Gasteiger partial charge >= 0.3 is 0 Å². The summed E-state index contributed by atoms with van der Waals surface area (Å²) in [6.45, 7) is 10.5. The highest BCUT2D eigenvalue weighted by atomic mass is 32.2. The van der Waals surface area contributed by atoms with E-state index in [4.69, 9.17) is 0 Å². The molecule has 7 heteroatoms. The summed E-state index contributed by atoms with van der Waals surface area (Å²) in [6, 6.07) is 0. The number of aromatic nitrogens is 2. The van der Waals surface area contributed by atoms with Gasteiger partial charge < -0.3 is 4.90 Å². The molecule has 2 aliphatic heterocycles. The molecule has 3 rings (SSSR count). The molecule has 1 spiro atoms. The molecule has 26 heavy (non-hydrogen) atoms. The third-order valence-corrected chi connectivity index (χ3v) is 7.76. The number of amides is 1. The number of aryl methyl sites for hydroxylation is 1. The molecule has 0 aliphatic carbocycles. The third-order valence-electron chi connectivity index (χ3n) is 5.88. The Morgan fingerprint density at radius 1 is 1.27 bits per heavy atom. The zero-order valence-electron chi connectivity index (χ0n) is 16.4. The second kappa shape index (κ2) is 6.98. The van der Waals surface area contributed by atoms with Crippen molar-refractivity contribution in [1.29, 1.82) is 0 Å². The van der Waals surface area contributed by atoms with Crippen molar-refractivity contribution >= 4 is 15.7 Å². The summed E-state index contributed by atoms with van der Waals surface area (Å²) >= 11 is 0. The van der Waals surface area contributed by atoms with Crippen LogP contribution in [0.4, 0.5) is 0 Å². The number of piperidine rings is 1. The lowest BCUT2D eigenvalue weighted by Crippen LogP contribution is -2.47. The van der Waals surface area contributed by atoms with Gasteiger partial charge in [-0.15, -0.1) is 0 Å². The third kappa shape index (κ3) is 3.97. The van der Waals surface area contributed by atoms with Gasteiger partial charge in [-0.25, -0.2) is 8.42 Å². The average molecular weight is 382 g/mol. The molecular weight excluding hydrogens is 350 g/mol. The summed E-state index contributed by atoms with van der Waals surface area (Å²) in [5.74, 6) is 1.12. The molecule has 2 aliphatic rings. The number of likely N-dealkylation sites (tertiary alicyclic amines) is 1. The van der Waals surface area contributed by atoms with Crippen molar-refractivity contribution < 1.29 is 13.2 Å². The monoisotopic (exact) mass is 381 g/mol. The quantitative estimate of drug-likeness (QED) is 0.801. The van der Waals surface area contributed by atoms with E-state index in [0.29, 0.717) is 25.3 Å². The smallest absolute Gasteiger partial charge is 0.227 e. The Morgan fingerprint density at radius 3 is 2.62 bits per heavy atom. The van der Waals surface area contributed by atoms with E-state index in [1.165, 1.54) is 0 Å². The van der Waals surface area contributed by atoms with Gasteiger partial charge in [0, 0.05) is 36.3 Å². The van der Waals surface area contributed by atoms with Gasteiger partial charge in [0.25, 0.3) is 0 Å². The topological polar surface area (TPSA) is 72.3 Å². The maximum atomic E-state index is 12.9. The minimum atomic E-state index is -2.94. The number of carbonyl (C=O) groups is 1. The van der Waals surface area contributed by atoms with Gasteiger partial charge in [0.2, 0.25) is 5.91 Å². The van der Waals surface area contributed by atoms with Gasteiger partial charge in [-0.1, -0.05) is 13.8 Å².